The minimum Gasteiger partial charge on any atom is -0.355 e. The van der Waals surface area contributed by atoms with Gasteiger partial charge in [0.1, 0.15) is 5.82 Å². The topological polar surface area (TPSA) is 118 Å². The number of hydrogen-bond acceptors (Lipinski definition) is 6. The maximum Gasteiger partial charge on any atom is 0.395 e. The van der Waals surface area contributed by atoms with E-state index < -0.39 is 33.1 Å². The zero-order valence-corrected chi connectivity index (χ0v) is 15.4. The summed E-state index contributed by atoms with van der Waals surface area (Å²) in [4.78, 5) is 21.8. The summed E-state index contributed by atoms with van der Waals surface area (Å²) < 4.78 is 61.0. The Morgan fingerprint density at radius 1 is 1.29 bits per heavy atom. The molecule has 0 atom stereocenters. The maximum atomic E-state index is 12.7. The molecule has 12 heteroatoms. The second kappa shape index (κ2) is 7.02. The summed E-state index contributed by atoms with van der Waals surface area (Å²) in [6.45, 7) is 1.11. The number of halogens is 3. The van der Waals surface area contributed by atoms with Crippen LogP contribution in [0.3, 0.4) is 0 Å². The number of sulfonamides is 1. The number of rotatable bonds is 4. The van der Waals surface area contributed by atoms with Gasteiger partial charge in [-0.1, -0.05) is 0 Å². The SMILES string of the molecule is Cc1cnc(N2CC(C(F)(F)F)C2)c(C(=O)Nc2ccnc(S(N)(=O)=O)c2)c1. The Kier molecular flexibility index (Phi) is 5.02. The Morgan fingerprint density at radius 3 is 2.57 bits per heavy atom. The number of anilines is 2. The molecule has 28 heavy (non-hydrogen) atoms. The molecule has 150 valence electrons. The molecule has 1 fully saturated rings. The molecule has 0 spiro atoms. The number of carbonyl (C=O) groups is 1. The molecule has 3 N–H and O–H groups in total. The van der Waals surface area contributed by atoms with Crippen LogP contribution in [-0.4, -0.2) is 43.6 Å². The third-order valence-corrected chi connectivity index (χ3v) is 4.98. The fraction of sp³-hybridized carbons (Fsp3) is 0.312. The Hall–Kier alpha value is -2.73. The van der Waals surface area contributed by atoms with E-state index in [1.165, 1.54) is 23.2 Å². The van der Waals surface area contributed by atoms with E-state index in [1.54, 1.807) is 6.92 Å². The van der Waals surface area contributed by atoms with Crippen molar-refractivity contribution in [2.45, 2.75) is 18.1 Å². The average Bonchev–Trinajstić information content (AvgIpc) is 2.53. The van der Waals surface area contributed by atoms with E-state index in [1.807, 2.05) is 0 Å². The average molecular weight is 415 g/mol. The third kappa shape index (κ3) is 4.22. The number of primary sulfonamides is 1. The Balaban J connectivity index is 1.84. The number of pyridine rings is 2. The van der Waals surface area contributed by atoms with Crippen LogP contribution in [0.4, 0.5) is 24.7 Å². The summed E-state index contributed by atoms with van der Waals surface area (Å²) in [5.41, 5.74) is 0.838. The van der Waals surface area contributed by atoms with E-state index in [-0.39, 0.29) is 30.2 Å². The quantitative estimate of drug-likeness (QED) is 0.785. The first kappa shape index (κ1) is 20.0. The molecule has 1 aliphatic rings. The molecular formula is C16H16F3N5O3S. The fourth-order valence-corrected chi connectivity index (χ4v) is 3.18. The van der Waals surface area contributed by atoms with Crippen molar-refractivity contribution in [3.05, 3.63) is 41.7 Å². The molecule has 0 radical (unpaired) electrons. The number of nitrogens with one attached hydrogen (secondary N) is 1. The van der Waals surface area contributed by atoms with Crippen molar-refractivity contribution in [2.75, 3.05) is 23.3 Å². The highest BCUT2D eigenvalue weighted by Gasteiger charge is 2.48. The van der Waals surface area contributed by atoms with Gasteiger partial charge in [-0.2, -0.15) is 13.2 Å². The highest BCUT2D eigenvalue weighted by Crippen LogP contribution is 2.36. The van der Waals surface area contributed by atoms with Crippen molar-refractivity contribution in [2.24, 2.45) is 11.1 Å². The van der Waals surface area contributed by atoms with Gasteiger partial charge < -0.3 is 10.2 Å². The first-order valence-electron chi connectivity index (χ1n) is 8.03. The molecular weight excluding hydrogens is 399 g/mol. The number of amides is 1. The molecule has 3 heterocycles. The van der Waals surface area contributed by atoms with Crippen LogP contribution in [0.5, 0.6) is 0 Å². The molecule has 3 rings (SSSR count). The smallest absolute Gasteiger partial charge is 0.355 e. The molecule has 8 nitrogen and oxygen atoms in total. The lowest BCUT2D eigenvalue weighted by atomic mass is 9.98. The summed E-state index contributed by atoms with van der Waals surface area (Å²) in [6, 6.07) is 3.94. The first-order valence-corrected chi connectivity index (χ1v) is 9.58. The van der Waals surface area contributed by atoms with Crippen molar-refractivity contribution in [3.8, 4) is 0 Å². The van der Waals surface area contributed by atoms with Gasteiger partial charge in [0, 0.05) is 37.2 Å². The molecule has 0 aliphatic carbocycles. The first-order chi connectivity index (χ1) is 12.9. The summed E-state index contributed by atoms with van der Waals surface area (Å²) in [6.07, 6.45) is -1.68. The second-order valence-electron chi connectivity index (χ2n) is 6.41. The Morgan fingerprint density at radius 2 is 1.96 bits per heavy atom. The van der Waals surface area contributed by atoms with Crippen LogP contribution < -0.4 is 15.4 Å². The van der Waals surface area contributed by atoms with Gasteiger partial charge in [-0.25, -0.2) is 23.5 Å². The minimum atomic E-state index is -4.30. The third-order valence-electron chi connectivity index (χ3n) is 4.18. The summed E-state index contributed by atoms with van der Waals surface area (Å²) in [7, 11) is -4.06. The van der Waals surface area contributed by atoms with Gasteiger partial charge in [-0.3, -0.25) is 4.79 Å². The highest BCUT2D eigenvalue weighted by atomic mass is 32.2. The molecule has 0 bridgehead atoms. The number of aromatic nitrogens is 2. The minimum absolute atomic E-state index is 0.0783. The summed E-state index contributed by atoms with van der Waals surface area (Å²) in [5, 5.41) is 7.08. The van der Waals surface area contributed by atoms with Gasteiger partial charge in [0.05, 0.1) is 11.5 Å². The number of hydrogen-bond donors (Lipinski definition) is 2. The maximum absolute atomic E-state index is 12.7. The van der Waals surface area contributed by atoms with Gasteiger partial charge in [0.15, 0.2) is 5.03 Å². The molecule has 1 saturated heterocycles. The van der Waals surface area contributed by atoms with E-state index in [9.17, 15) is 26.4 Å². The lowest BCUT2D eigenvalue weighted by molar-refractivity contribution is -0.180. The van der Waals surface area contributed by atoms with Crippen LogP contribution in [0, 0.1) is 12.8 Å². The Labute approximate surface area is 158 Å². The van der Waals surface area contributed by atoms with Crippen molar-refractivity contribution in [1.29, 1.82) is 0 Å². The second-order valence-corrected chi connectivity index (χ2v) is 7.92. The molecule has 0 unspecified atom stereocenters. The van der Waals surface area contributed by atoms with Crippen molar-refractivity contribution in [1.82, 2.24) is 9.97 Å². The fourth-order valence-electron chi connectivity index (χ4n) is 2.68. The van der Waals surface area contributed by atoms with Gasteiger partial charge >= 0.3 is 6.18 Å². The van der Waals surface area contributed by atoms with Crippen LogP contribution in [-0.2, 0) is 10.0 Å². The predicted molar refractivity (Wildman–Crippen MR) is 94.3 cm³/mol. The summed E-state index contributed by atoms with van der Waals surface area (Å²) in [5.74, 6) is -1.98. The zero-order valence-electron chi connectivity index (χ0n) is 14.6. The monoisotopic (exact) mass is 415 g/mol. The molecule has 0 saturated carbocycles. The van der Waals surface area contributed by atoms with Gasteiger partial charge in [-0.15, -0.1) is 0 Å². The van der Waals surface area contributed by atoms with Crippen molar-refractivity contribution >= 4 is 27.4 Å². The molecule has 1 amide bonds. The summed E-state index contributed by atoms with van der Waals surface area (Å²) >= 11 is 0. The number of alkyl halides is 3. The van der Waals surface area contributed by atoms with E-state index in [0.717, 1.165) is 12.3 Å². The van der Waals surface area contributed by atoms with E-state index in [0.29, 0.717) is 5.56 Å². The predicted octanol–water partition coefficient (Wildman–Crippen LogP) is 1.68. The Bertz CT molecular complexity index is 1020. The lowest BCUT2D eigenvalue weighted by Gasteiger charge is -2.41. The van der Waals surface area contributed by atoms with Crippen LogP contribution in [0.1, 0.15) is 15.9 Å². The van der Waals surface area contributed by atoms with Crippen LogP contribution in [0.25, 0.3) is 0 Å². The molecule has 1 aliphatic heterocycles. The van der Waals surface area contributed by atoms with Crippen molar-refractivity contribution < 1.29 is 26.4 Å². The van der Waals surface area contributed by atoms with Crippen LogP contribution in [0.15, 0.2) is 35.6 Å². The number of carbonyl (C=O) groups excluding carboxylic acids is 1. The number of aryl methyl sites for hydroxylation is 1. The van der Waals surface area contributed by atoms with Gasteiger partial charge in [0.2, 0.25) is 0 Å². The molecule has 2 aromatic heterocycles. The van der Waals surface area contributed by atoms with Crippen LogP contribution in [0.2, 0.25) is 0 Å². The van der Waals surface area contributed by atoms with E-state index in [4.69, 9.17) is 5.14 Å². The zero-order chi connectivity index (χ0) is 20.7. The van der Waals surface area contributed by atoms with E-state index >= 15 is 0 Å². The molecule has 2 aromatic rings. The largest absolute Gasteiger partial charge is 0.395 e. The number of nitrogens with two attached hydrogens (primary N) is 1. The number of nitrogens with zero attached hydrogens (tertiary/aromatic N) is 3. The highest BCUT2D eigenvalue weighted by molar-refractivity contribution is 7.89. The van der Waals surface area contributed by atoms with Crippen LogP contribution >= 0.6 is 0 Å². The van der Waals surface area contributed by atoms with E-state index in [2.05, 4.69) is 15.3 Å². The van der Waals surface area contributed by atoms with Gasteiger partial charge in [0.25, 0.3) is 15.9 Å². The normalized spacial score (nSPS) is 15.2. The van der Waals surface area contributed by atoms with Gasteiger partial charge in [-0.05, 0) is 24.6 Å². The lowest BCUT2D eigenvalue weighted by Crippen LogP contribution is -2.54. The molecule has 0 aromatic carbocycles. The van der Waals surface area contributed by atoms with Crippen molar-refractivity contribution in [3.63, 3.8) is 0 Å². The standard InChI is InChI=1S/C16H16F3N5O3S/c1-9-4-12(14(22-6-9)24-7-10(8-24)16(17,18)19)15(25)23-11-2-3-21-13(5-11)28(20,26)27/h2-6,10H,7-8H2,1H3,(H2,20,26,27)(H,21,23,25).